The first-order valence-corrected chi connectivity index (χ1v) is 6.49. The average Bonchev–Trinajstić information content (AvgIpc) is 2.55. The van der Waals surface area contributed by atoms with Gasteiger partial charge in [-0.05, 0) is 49.4 Å². The number of nitrogens with zero attached hydrogens (tertiary/aromatic N) is 2. The van der Waals surface area contributed by atoms with Gasteiger partial charge in [-0.1, -0.05) is 0 Å². The predicted molar refractivity (Wildman–Crippen MR) is 80.3 cm³/mol. The molecule has 2 rings (SSSR count). The number of benzene rings is 2. The molecule has 0 heterocycles. The van der Waals surface area contributed by atoms with Crippen LogP contribution in [-0.2, 0) is 0 Å². The van der Waals surface area contributed by atoms with E-state index in [2.05, 4.69) is 5.10 Å². The summed E-state index contributed by atoms with van der Waals surface area (Å²) in [4.78, 5) is 12.4. The number of rotatable bonds is 4. The molecule has 0 saturated carbocycles. The van der Waals surface area contributed by atoms with Gasteiger partial charge in [0.25, 0.3) is 5.91 Å². The molecule has 0 atom stereocenters. The number of hydrazone groups is 1. The lowest BCUT2D eigenvalue weighted by Crippen LogP contribution is -2.25. The minimum Gasteiger partial charge on any atom is -0.497 e. The molecule has 0 N–H and O–H groups in total. The van der Waals surface area contributed by atoms with Gasteiger partial charge in [0.05, 0.1) is 12.8 Å². The van der Waals surface area contributed by atoms with Crippen molar-refractivity contribution in [3.63, 3.8) is 0 Å². The maximum Gasteiger partial charge on any atom is 0.278 e. The molecule has 0 aromatic heterocycles. The third-order valence-electron chi connectivity index (χ3n) is 2.91. The molecule has 4 nitrogen and oxygen atoms in total. The van der Waals surface area contributed by atoms with Gasteiger partial charge in [-0.25, -0.2) is 8.78 Å². The van der Waals surface area contributed by atoms with E-state index in [0.29, 0.717) is 11.4 Å². The molecule has 0 spiro atoms. The molecule has 2 aromatic carbocycles. The van der Waals surface area contributed by atoms with Crippen molar-refractivity contribution in [3.8, 4) is 5.75 Å². The Kier molecular flexibility index (Phi) is 4.83. The molecule has 0 bridgehead atoms. The Morgan fingerprint density at radius 1 is 1.14 bits per heavy atom. The van der Waals surface area contributed by atoms with Crippen LogP contribution in [-0.4, -0.2) is 19.2 Å². The summed E-state index contributed by atoms with van der Waals surface area (Å²) in [6, 6.07) is 9.59. The summed E-state index contributed by atoms with van der Waals surface area (Å²) in [5.74, 6) is -2.03. The topological polar surface area (TPSA) is 41.9 Å². The molecule has 1 amide bonds. The fraction of sp³-hybridized carbons (Fsp3) is 0.125. The Labute approximate surface area is 126 Å². The van der Waals surface area contributed by atoms with Gasteiger partial charge in [0.2, 0.25) is 0 Å². The fourth-order valence-electron chi connectivity index (χ4n) is 1.83. The lowest BCUT2D eigenvalue weighted by atomic mass is 10.2. The largest absolute Gasteiger partial charge is 0.497 e. The first kappa shape index (κ1) is 15.6. The zero-order valence-electron chi connectivity index (χ0n) is 12.1. The van der Waals surface area contributed by atoms with Crippen LogP contribution in [0.1, 0.15) is 17.3 Å². The molecule has 0 saturated heterocycles. The Balaban J connectivity index is 2.37. The van der Waals surface area contributed by atoms with Crippen molar-refractivity contribution in [2.45, 2.75) is 6.92 Å². The summed E-state index contributed by atoms with van der Waals surface area (Å²) >= 11 is 0. The van der Waals surface area contributed by atoms with Gasteiger partial charge in [-0.2, -0.15) is 10.1 Å². The third-order valence-corrected chi connectivity index (χ3v) is 2.91. The zero-order valence-corrected chi connectivity index (χ0v) is 12.1. The fourth-order valence-corrected chi connectivity index (χ4v) is 1.83. The number of ether oxygens (including phenoxy) is 1. The van der Waals surface area contributed by atoms with E-state index >= 15 is 0 Å². The number of methoxy groups -OCH3 is 1. The number of anilines is 1. The van der Waals surface area contributed by atoms with Gasteiger partial charge in [-0.15, -0.1) is 0 Å². The quantitative estimate of drug-likeness (QED) is 0.639. The Morgan fingerprint density at radius 2 is 1.82 bits per heavy atom. The van der Waals surface area contributed by atoms with Crippen LogP contribution in [0.2, 0.25) is 0 Å². The first-order valence-electron chi connectivity index (χ1n) is 6.49. The van der Waals surface area contributed by atoms with Crippen LogP contribution in [0.15, 0.2) is 47.6 Å². The monoisotopic (exact) mass is 304 g/mol. The van der Waals surface area contributed by atoms with Crippen LogP contribution >= 0.6 is 0 Å². The van der Waals surface area contributed by atoms with Crippen LogP contribution in [0.4, 0.5) is 14.5 Å². The summed E-state index contributed by atoms with van der Waals surface area (Å²) in [5, 5.41) is 5.08. The smallest absolute Gasteiger partial charge is 0.278 e. The van der Waals surface area contributed by atoms with E-state index < -0.39 is 17.5 Å². The van der Waals surface area contributed by atoms with Gasteiger partial charge in [0, 0.05) is 11.8 Å². The van der Waals surface area contributed by atoms with Crippen LogP contribution in [0, 0.1) is 11.6 Å². The zero-order chi connectivity index (χ0) is 16.1. The van der Waals surface area contributed by atoms with Crippen molar-refractivity contribution >= 4 is 17.8 Å². The van der Waals surface area contributed by atoms with Crippen molar-refractivity contribution in [2.75, 3.05) is 12.1 Å². The van der Waals surface area contributed by atoms with E-state index in [4.69, 9.17) is 4.74 Å². The van der Waals surface area contributed by atoms with Crippen molar-refractivity contribution < 1.29 is 18.3 Å². The van der Waals surface area contributed by atoms with Crippen molar-refractivity contribution in [1.82, 2.24) is 0 Å². The maximum atomic E-state index is 13.3. The molecular weight excluding hydrogens is 290 g/mol. The minimum atomic E-state index is -1.08. The molecule has 0 radical (unpaired) electrons. The standard InChI is InChI=1S/C16H14F2N2O2/c1-3-19-20(12-5-7-13(22-2)8-6-12)16(21)11-4-9-14(17)15(18)10-11/h3-10H,1-2H3/b19-3+. The highest BCUT2D eigenvalue weighted by Crippen LogP contribution is 2.22. The van der Waals surface area contributed by atoms with Crippen molar-refractivity contribution in [2.24, 2.45) is 5.10 Å². The normalized spacial score (nSPS) is 10.7. The maximum absolute atomic E-state index is 13.3. The van der Waals surface area contributed by atoms with E-state index in [9.17, 15) is 13.6 Å². The highest BCUT2D eigenvalue weighted by atomic mass is 19.2. The van der Waals surface area contributed by atoms with Crippen LogP contribution in [0.3, 0.4) is 0 Å². The summed E-state index contributed by atoms with van der Waals surface area (Å²) in [6.45, 7) is 1.65. The van der Waals surface area contributed by atoms with Crippen molar-refractivity contribution in [3.05, 3.63) is 59.7 Å². The highest BCUT2D eigenvalue weighted by molar-refractivity contribution is 6.06. The number of carbonyl (C=O) groups is 1. The van der Waals surface area contributed by atoms with Crippen LogP contribution < -0.4 is 9.75 Å². The number of amides is 1. The molecule has 0 aliphatic rings. The van der Waals surface area contributed by atoms with E-state index in [-0.39, 0.29) is 5.56 Å². The average molecular weight is 304 g/mol. The number of carbonyl (C=O) groups excluding carboxylic acids is 1. The van der Waals surface area contributed by atoms with Crippen LogP contribution in [0.5, 0.6) is 5.75 Å². The second-order valence-corrected chi connectivity index (χ2v) is 4.32. The third kappa shape index (κ3) is 3.28. The molecule has 0 aliphatic carbocycles. The van der Waals surface area contributed by atoms with E-state index in [1.807, 2.05) is 0 Å². The Bertz CT molecular complexity index is 700. The second kappa shape index (κ2) is 6.80. The molecule has 22 heavy (non-hydrogen) atoms. The highest BCUT2D eigenvalue weighted by Gasteiger charge is 2.18. The molecular formula is C16H14F2N2O2. The van der Waals surface area contributed by atoms with Gasteiger partial charge >= 0.3 is 0 Å². The van der Waals surface area contributed by atoms with E-state index in [0.717, 1.165) is 17.1 Å². The van der Waals surface area contributed by atoms with Gasteiger partial charge < -0.3 is 4.74 Å². The summed E-state index contributed by atoms with van der Waals surface area (Å²) < 4.78 is 31.3. The van der Waals surface area contributed by atoms with E-state index in [1.165, 1.54) is 19.4 Å². The number of hydrogen-bond acceptors (Lipinski definition) is 3. The van der Waals surface area contributed by atoms with Gasteiger partial charge in [0.1, 0.15) is 5.75 Å². The van der Waals surface area contributed by atoms with Crippen LogP contribution in [0.25, 0.3) is 0 Å². The SMILES string of the molecule is C/C=N/N(C(=O)c1ccc(F)c(F)c1)c1ccc(OC)cc1. The van der Waals surface area contributed by atoms with Gasteiger partial charge in [0.15, 0.2) is 11.6 Å². The summed E-state index contributed by atoms with van der Waals surface area (Å²) in [5.41, 5.74) is 0.481. The van der Waals surface area contributed by atoms with Crippen molar-refractivity contribution in [1.29, 1.82) is 0 Å². The predicted octanol–water partition coefficient (Wildman–Crippen LogP) is 3.63. The molecule has 0 fully saturated rings. The minimum absolute atomic E-state index is 0.000294. The lowest BCUT2D eigenvalue weighted by molar-refractivity contribution is 0.0987. The number of halogens is 2. The second-order valence-electron chi connectivity index (χ2n) is 4.32. The molecule has 114 valence electrons. The molecule has 6 heteroatoms. The van der Waals surface area contributed by atoms with Gasteiger partial charge in [-0.3, -0.25) is 4.79 Å². The Morgan fingerprint density at radius 3 is 2.36 bits per heavy atom. The first-order chi connectivity index (χ1) is 10.6. The Hall–Kier alpha value is -2.76. The summed E-state index contributed by atoms with van der Waals surface area (Å²) in [6.07, 6.45) is 1.43. The molecule has 2 aromatic rings. The summed E-state index contributed by atoms with van der Waals surface area (Å²) in [7, 11) is 1.53. The number of hydrogen-bond donors (Lipinski definition) is 0. The lowest BCUT2D eigenvalue weighted by Gasteiger charge is -2.17. The van der Waals surface area contributed by atoms with E-state index in [1.54, 1.807) is 31.2 Å². The molecule has 0 unspecified atom stereocenters. The molecule has 0 aliphatic heterocycles.